The molecule has 154 valence electrons. The van der Waals surface area contributed by atoms with E-state index in [-0.39, 0.29) is 24.0 Å². The number of aliphatic imine (C=N–C) groups is 1. The monoisotopic (exact) mass is 498 g/mol. The predicted octanol–water partition coefficient (Wildman–Crippen LogP) is 2.27. The summed E-state index contributed by atoms with van der Waals surface area (Å²) in [5, 5.41) is 15.0. The van der Waals surface area contributed by atoms with E-state index in [1.807, 2.05) is 6.07 Å². The molecule has 1 aromatic carbocycles. The molecule has 0 bridgehead atoms. The second-order valence-corrected chi connectivity index (χ2v) is 6.80. The highest BCUT2D eigenvalue weighted by atomic mass is 127. The molecule has 8 heteroatoms. The zero-order valence-corrected chi connectivity index (χ0v) is 18.8. The highest BCUT2D eigenvalue weighted by Gasteiger charge is 2.15. The highest BCUT2D eigenvalue weighted by molar-refractivity contribution is 14.0. The molecule has 0 spiro atoms. The number of aryl methyl sites for hydroxylation is 1. The van der Waals surface area contributed by atoms with Crippen LogP contribution in [0.4, 0.5) is 0 Å². The molecule has 0 saturated carbocycles. The van der Waals surface area contributed by atoms with Crippen LogP contribution in [-0.4, -0.2) is 53.6 Å². The number of ether oxygens (including phenoxy) is 1. The fourth-order valence-corrected chi connectivity index (χ4v) is 3.13. The van der Waals surface area contributed by atoms with Gasteiger partial charge in [-0.25, -0.2) is 0 Å². The highest BCUT2D eigenvalue weighted by Crippen LogP contribution is 2.12. The van der Waals surface area contributed by atoms with E-state index in [1.165, 1.54) is 5.56 Å². The summed E-state index contributed by atoms with van der Waals surface area (Å²) >= 11 is 0. The number of benzene rings is 1. The molecule has 28 heavy (non-hydrogen) atoms. The lowest BCUT2D eigenvalue weighted by Gasteiger charge is -2.14. The van der Waals surface area contributed by atoms with Crippen molar-refractivity contribution in [1.82, 2.24) is 25.4 Å². The normalized spacial score (nSPS) is 16.6. The Morgan fingerprint density at radius 1 is 1.25 bits per heavy atom. The molecule has 0 radical (unpaired) electrons. The lowest BCUT2D eigenvalue weighted by molar-refractivity contribution is 0.187. The van der Waals surface area contributed by atoms with Gasteiger partial charge in [0.05, 0.1) is 6.61 Å². The SMILES string of the molecule is CCc1nncn1CCNC(=NCC1CCOC1)NCCc1ccccc1.I. The van der Waals surface area contributed by atoms with Gasteiger partial charge in [-0.1, -0.05) is 37.3 Å². The average Bonchev–Trinajstić information content (AvgIpc) is 3.38. The first-order valence-electron chi connectivity index (χ1n) is 9.85. The van der Waals surface area contributed by atoms with Gasteiger partial charge in [-0.05, 0) is 18.4 Å². The molecule has 7 nitrogen and oxygen atoms in total. The fraction of sp³-hybridized carbons (Fsp3) is 0.550. The molecule has 2 N–H and O–H groups in total. The summed E-state index contributed by atoms with van der Waals surface area (Å²) in [6.07, 6.45) is 4.74. The predicted molar refractivity (Wildman–Crippen MR) is 122 cm³/mol. The Morgan fingerprint density at radius 3 is 2.82 bits per heavy atom. The van der Waals surface area contributed by atoms with Crippen LogP contribution in [0.3, 0.4) is 0 Å². The van der Waals surface area contributed by atoms with E-state index in [0.29, 0.717) is 5.92 Å². The van der Waals surface area contributed by atoms with Gasteiger partial charge in [-0.2, -0.15) is 0 Å². The van der Waals surface area contributed by atoms with Crippen molar-refractivity contribution in [1.29, 1.82) is 0 Å². The Bertz CT molecular complexity index is 700. The Balaban J connectivity index is 0.00000280. The number of hydrogen-bond acceptors (Lipinski definition) is 4. The van der Waals surface area contributed by atoms with Gasteiger partial charge in [0.2, 0.25) is 0 Å². The first-order chi connectivity index (χ1) is 13.3. The van der Waals surface area contributed by atoms with Crippen LogP contribution < -0.4 is 10.6 Å². The third-order valence-electron chi connectivity index (χ3n) is 4.74. The number of hydrogen-bond donors (Lipinski definition) is 2. The van der Waals surface area contributed by atoms with Crippen LogP contribution in [0, 0.1) is 5.92 Å². The Hall–Kier alpha value is -1.68. The van der Waals surface area contributed by atoms with E-state index in [0.717, 1.165) is 70.4 Å². The summed E-state index contributed by atoms with van der Waals surface area (Å²) in [6, 6.07) is 10.5. The molecule has 2 heterocycles. The maximum atomic E-state index is 5.46. The van der Waals surface area contributed by atoms with Crippen LogP contribution in [0.2, 0.25) is 0 Å². The molecule has 1 fully saturated rings. The van der Waals surface area contributed by atoms with Crippen LogP contribution in [0.25, 0.3) is 0 Å². The number of rotatable bonds is 9. The van der Waals surface area contributed by atoms with Gasteiger partial charge in [0.1, 0.15) is 12.2 Å². The van der Waals surface area contributed by atoms with E-state index in [2.05, 4.69) is 56.6 Å². The second kappa shape index (κ2) is 12.7. The van der Waals surface area contributed by atoms with Crippen molar-refractivity contribution >= 4 is 29.9 Å². The van der Waals surface area contributed by atoms with Gasteiger partial charge in [0, 0.05) is 45.1 Å². The molecule has 1 atom stereocenters. The van der Waals surface area contributed by atoms with Gasteiger partial charge in [0.25, 0.3) is 0 Å². The molecule has 1 aromatic heterocycles. The lowest BCUT2D eigenvalue weighted by Crippen LogP contribution is -2.40. The minimum absolute atomic E-state index is 0. The van der Waals surface area contributed by atoms with Gasteiger partial charge < -0.3 is 19.9 Å². The molecule has 2 aromatic rings. The summed E-state index contributed by atoms with van der Waals surface area (Å²) in [6.45, 7) is 7.03. The molecular formula is C20H31IN6O. The van der Waals surface area contributed by atoms with E-state index < -0.39 is 0 Å². The van der Waals surface area contributed by atoms with Gasteiger partial charge in [-0.3, -0.25) is 4.99 Å². The van der Waals surface area contributed by atoms with E-state index in [9.17, 15) is 0 Å². The Morgan fingerprint density at radius 2 is 2.07 bits per heavy atom. The molecule has 3 rings (SSSR count). The maximum Gasteiger partial charge on any atom is 0.191 e. The first kappa shape index (κ1) is 22.6. The number of aromatic nitrogens is 3. The molecule has 1 aliphatic heterocycles. The van der Waals surface area contributed by atoms with Crippen molar-refractivity contribution in [3.8, 4) is 0 Å². The van der Waals surface area contributed by atoms with Crippen LogP contribution in [0.5, 0.6) is 0 Å². The quantitative estimate of drug-likeness (QED) is 0.315. The van der Waals surface area contributed by atoms with Crippen LogP contribution in [0.1, 0.15) is 24.7 Å². The largest absolute Gasteiger partial charge is 0.381 e. The molecular weight excluding hydrogens is 467 g/mol. The van der Waals surface area contributed by atoms with Crippen molar-refractivity contribution in [2.75, 3.05) is 32.8 Å². The van der Waals surface area contributed by atoms with E-state index >= 15 is 0 Å². The van der Waals surface area contributed by atoms with Crippen molar-refractivity contribution in [2.45, 2.75) is 32.7 Å². The smallest absolute Gasteiger partial charge is 0.191 e. The molecule has 0 amide bonds. The lowest BCUT2D eigenvalue weighted by atomic mass is 10.1. The van der Waals surface area contributed by atoms with E-state index in [1.54, 1.807) is 6.33 Å². The zero-order valence-electron chi connectivity index (χ0n) is 16.5. The van der Waals surface area contributed by atoms with Gasteiger partial charge >= 0.3 is 0 Å². The average molecular weight is 498 g/mol. The molecule has 1 saturated heterocycles. The molecule has 0 aliphatic carbocycles. The zero-order chi connectivity index (χ0) is 18.7. The summed E-state index contributed by atoms with van der Waals surface area (Å²) in [4.78, 5) is 4.77. The summed E-state index contributed by atoms with van der Waals surface area (Å²) in [5.74, 6) is 2.40. The number of nitrogens with zero attached hydrogens (tertiary/aromatic N) is 4. The second-order valence-electron chi connectivity index (χ2n) is 6.80. The third kappa shape index (κ3) is 7.38. The topological polar surface area (TPSA) is 76.4 Å². The van der Waals surface area contributed by atoms with Crippen molar-refractivity contribution in [3.63, 3.8) is 0 Å². The maximum absolute atomic E-state index is 5.46. The summed E-state index contributed by atoms with van der Waals surface area (Å²) < 4.78 is 7.54. The van der Waals surface area contributed by atoms with Crippen molar-refractivity contribution in [3.05, 3.63) is 48.0 Å². The Kier molecular flexibility index (Phi) is 10.3. The van der Waals surface area contributed by atoms with Crippen molar-refractivity contribution in [2.24, 2.45) is 10.9 Å². The number of halogens is 1. The molecule has 1 aliphatic rings. The van der Waals surface area contributed by atoms with Crippen LogP contribution >= 0.6 is 24.0 Å². The number of nitrogens with one attached hydrogen (secondary N) is 2. The van der Waals surface area contributed by atoms with Crippen LogP contribution in [-0.2, 0) is 24.1 Å². The standard InChI is InChI=1S/C20H30N6O.HI/c1-2-19-25-24-16-26(19)12-11-22-20(23-14-18-9-13-27-15-18)21-10-8-17-6-4-3-5-7-17;/h3-7,16,18H,2,8-15H2,1H3,(H2,21,22,23);1H. The fourth-order valence-electron chi connectivity index (χ4n) is 3.13. The van der Waals surface area contributed by atoms with Crippen molar-refractivity contribution < 1.29 is 4.74 Å². The first-order valence-corrected chi connectivity index (χ1v) is 9.85. The summed E-state index contributed by atoms with van der Waals surface area (Å²) in [7, 11) is 0. The van der Waals surface area contributed by atoms with Gasteiger partial charge in [-0.15, -0.1) is 34.2 Å². The van der Waals surface area contributed by atoms with Gasteiger partial charge in [0.15, 0.2) is 5.96 Å². The third-order valence-corrected chi connectivity index (χ3v) is 4.74. The minimum Gasteiger partial charge on any atom is -0.381 e. The summed E-state index contributed by atoms with van der Waals surface area (Å²) in [5.41, 5.74) is 1.32. The minimum atomic E-state index is 0. The van der Waals surface area contributed by atoms with E-state index in [4.69, 9.17) is 9.73 Å². The molecule has 1 unspecified atom stereocenters. The Labute approximate surface area is 184 Å². The van der Waals surface area contributed by atoms with Crippen LogP contribution in [0.15, 0.2) is 41.7 Å². The number of guanidine groups is 1.